The van der Waals surface area contributed by atoms with Gasteiger partial charge in [-0.15, -0.1) is 0 Å². The summed E-state index contributed by atoms with van der Waals surface area (Å²) in [4.78, 5) is 12.8. The van der Waals surface area contributed by atoms with Crippen molar-refractivity contribution in [2.24, 2.45) is 0 Å². The molecule has 1 N–H and O–H groups in total. The molecule has 1 heterocycles. The van der Waals surface area contributed by atoms with E-state index in [0.29, 0.717) is 44.1 Å². The predicted octanol–water partition coefficient (Wildman–Crippen LogP) is 6.22. The topological polar surface area (TPSA) is 65.4 Å². The quantitative estimate of drug-likeness (QED) is 0.312. The second-order valence-electron chi connectivity index (χ2n) is 7.32. The number of benzene rings is 3. The lowest BCUT2D eigenvalue weighted by atomic mass is 10.1. The standard InChI is InChI=1S/C25H20Cl2FN3O3/c1-33-23-10-5-16(13-17(23)15-34-19-8-6-18(26)7-9-19)25(32)29-24-11-12-31(30-24)14-20-21(27)3-2-4-22(20)28/h2-13H,14-15H2,1H3,(H,29,30,32). The number of carbonyl (C=O) groups is 1. The minimum absolute atomic E-state index is 0.135. The number of nitrogens with zero attached hydrogens (tertiary/aromatic N) is 2. The van der Waals surface area contributed by atoms with Gasteiger partial charge < -0.3 is 14.8 Å². The molecule has 0 aliphatic rings. The van der Waals surface area contributed by atoms with Gasteiger partial charge in [0.15, 0.2) is 5.82 Å². The van der Waals surface area contributed by atoms with Crippen molar-refractivity contribution < 1.29 is 18.7 Å². The van der Waals surface area contributed by atoms with Gasteiger partial charge in [0.1, 0.15) is 23.9 Å². The molecule has 4 aromatic rings. The summed E-state index contributed by atoms with van der Waals surface area (Å²) in [5.41, 5.74) is 1.43. The Morgan fingerprint density at radius 1 is 1.09 bits per heavy atom. The highest BCUT2D eigenvalue weighted by Crippen LogP contribution is 2.24. The molecular formula is C25H20Cl2FN3O3. The summed E-state index contributed by atoms with van der Waals surface area (Å²) in [6, 6.07) is 18.2. The number of hydrogen-bond acceptors (Lipinski definition) is 4. The van der Waals surface area contributed by atoms with Gasteiger partial charge in [0.25, 0.3) is 5.91 Å². The Bertz CT molecular complexity index is 1290. The fourth-order valence-electron chi connectivity index (χ4n) is 3.27. The van der Waals surface area contributed by atoms with Crippen LogP contribution >= 0.6 is 23.2 Å². The van der Waals surface area contributed by atoms with Crippen LogP contribution in [-0.2, 0) is 13.2 Å². The number of nitrogens with one attached hydrogen (secondary N) is 1. The van der Waals surface area contributed by atoms with Gasteiger partial charge in [-0.1, -0.05) is 29.3 Å². The first-order valence-corrected chi connectivity index (χ1v) is 11.0. The number of halogens is 3. The van der Waals surface area contributed by atoms with Crippen LogP contribution in [-0.4, -0.2) is 22.8 Å². The SMILES string of the molecule is COc1ccc(C(=O)Nc2ccn(Cc3c(F)cccc3Cl)n2)cc1COc1ccc(Cl)cc1. The molecule has 0 saturated carbocycles. The van der Waals surface area contributed by atoms with Crippen LogP contribution in [0.3, 0.4) is 0 Å². The molecule has 1 amide bonds. The van der Waals surface area contributed by atoms with Crippen LogP contribution < -0.4 is 14.8 Å². The Kier molecular flexibility index (Phi) is 7.35. The molecule has 0 bridgehead atoms. The third kappa shape index (κ3) is 5.68. The molecule has 34 heavy (non-hydrogen) atoms. The number of ether oxygens (including phenoxy) is 2. The summed E-state index contributed by atoms with van der Waals surface area (Å²) in [5, 5.41) is 7.96. The Labute approximate surface area is 205 Å². The van der Waals surface area contributed by atoms with E-state index in [9.17, 15) is 9.18 Å². The van der Waals surface area contributed by atoms with E-state index in [1.54, 1.807) is 74.0 Å². The van der Waals surface area contributed by atoms with Crippen LogP contribution in [0.15, 0.2) is 72.9 Å². The number of rotatable bonds is 8. The molecule has 6 nitrogen and oxygen atoms in total. The highest BCUT2D eigenvalue weighted by molar-refractivity contribution is 6.31. The Morgan fingerprint density at radius 2 is 1.88 bits per heavy atom. The van der Waals surface area contributed by atoms with Crippen LogP contribution in [0.25, 0.3) is 0 Å². The zero-order chi connectivity index (χ0) is 24.1. The summed E-state index contributed by atoms with van der Waals surface area (Å²) in [5.74, 6) is 0.787. The lowest BCUT2D eigenvalue weighted by Crippen LogP contribution is -2.14. The van der Waals surface area contributed by atoms with E-state index in [1.807, 2.05) is 0 Å². The molecule has 0 radical (unpaired) electrons. The van der Waals surface area contributed by atoms with Crippen molar-refractivity contribution in [2.75, 3.05) is 12.4 Å². The van der Waals surface area contributed by atoms with Gasteiger partial charge in [-0.3, -0.25) is 9.48 Å². The van der Waals surface area contributed by atoms with Crippen LogP contribution in [0.5, 0.6) is 11.5 Å². The van der Waals surface area contributed by atoms with Gasteiger partial charge in [-0.2, -0.15) is 5.10 Å². The van der Waals surface area contributed by atoms with E-state index in [2.05, 4.69) is 10.4 Å². The maximum atomic E-state index is 14.0. The Balaban J connectivity index is 1.44. The van der Waals surface area contributed by atoms with Crippen molar-refractivity contribution in [3.05, 3.63) is 105 Å². The molecule has 0 aliphatic heterocycles. The summed E-state index contributed by atoms with van der Waals surface area (Å²) in [6.07, 6.45) is 1.64. The molecule has 9 heteroatoms. The van der Waals surface area contributed by atoms with Gasteiger partial charge in [0.05, 0.1) is 13.7 Å². The summed E-state index contributed by atoms with van der Waals surface area (Å²) >= 11 is 12.0. The van der Waals surface area contributed by atoms with Crippen molar-refractivity contribution in [3.8, 4) is 11.5 Å². The lowest BCUT2D eigenvalue weighted by molar-refractivity contribution is 0.102. The minimum Gasteiger partial charge on any atom is -0.496 e. The van der Waals surface area contributed by atoms with Gasteiger partial charge in [-0.25, -0.2) is 4.39 Å². The van der Waals surface area contributed by atoms with E-state index < -0.39 is 5.82 Å². The van der Waals surface area contributed by atoms with E-state index >= 15 is 0 Å². The molecule has 0 fully saturated rings. The zero-order valence-corrected chi connectivity index (χ0v) is 19.6. The molecule has 174 valence electrons. The number of hydrogen-bond donors (Lipinski definition) is 1. The van der Waals surface area contributed by atoms with E-state index in [-0.39, 0.29) is 19.1 Å². The molecule has 3 aromatic carbocycles. The maximum absolute atomic E-state index is 14.0. The molecule has 1 aromatic heterocycles. The smallest absolute Gasteiger partial charge is 0.256 e. The molecule has 4 rings (SSSR count). The number of methoxy groups -OCH3 is 1. The minimum atomic E-state index is -0.417. The second-order valence-corrected chi connectivity index (χ2v) is 8.17. The van der Waals surface area contributed by atoms with Crippen molar-refractivity contribution in [2.45, 2.75) is 13.2 Å². The normalized spacial score (nSPS) is 10.7. The molecule has 0 unspecified atom stereocenters. The first-order chi connectivity index (χ1) is 16.4. The number of amides is 1. The van der Waals surface area contributed by atoms with Crippen molar-refractivity contribution in [3.63, 3.8) is 0 Å². The van der Waals surface area contributed by atoms with Crippen LogP contribution in [0.4, 0.5) is 10.2 Å². The van der Waals surface area contributed by atoms with Crippen molar-refractivity contribution >= 4 is 34.9 Å². The highest BCUT2D eigenvalue weighted by Gasteiger charge is 2.14. The maximum Gasteiger partial charge on any atom is 0.256 e. The highest BCUT2D eigenvalue weighted by atomic mass is 35.5. The largest absolute Gasteiger partial charge is 0.496 e. The van der Waals surface area contributed by atoms with Crippen LogP contribution in [0.1, 0.15) is 21.5 Å². The predicted molar refractivity (Wildman–Crippen MR) is 129 cm³/mol. The average Bonchev–Trinajstić information content (AvgIpc) is 3.27. The fraction of sp³-hybridized carbons (Fsp3) is 0.120. The van der Waals surface area contributed by atoms with Gasteiger partial charge in [0, 0.05) is 39.0 Å². The third-order valence-corrected chi connectivity index (χ3v) is 5.62. The van der Waals surface area contributed by atoms with E-state index in [4.69, 9.17) is 32.7 Å². The van der Waals surface area contributed by atoms with Gasteiger partial charge in [-0.05, 0) is 54.6 Å². The molecular weight excluding hydrogens is 480 g/mol. The van der Waals surface area contributed by atoms with E-state index in [0.717, 1.165) is 0 Å². The molecule has 0 aliphatic carbocycles. The number of aromatic nitrogens is 2. The second kappa shape index (κ2) is 10.6. The number of carbonyl (C=O) groups excluding carboxylic acids is 1. The lowest BCUT2D eigenvalue weighted by Gasteiger charge is -2.12. The first kappa shape index (κ1) is 23.6. The summed E-state index contributed by atoms with van der Waals surface area (Å²) < 4.78 is 26.7. The Hall–Kier alpha value is -3.55. The van der Waals surface area contributed by atoms with Crippen LogP contribution in [0.2, 0.25) is 10.0 Å². The zero-order valence-electron chi connectivity index (χ0n) is 18.1. The summed E-state index contributed by atoms with van der Waals surface area (Å²) in [7, 11) is 1.55. The van der Waals surface area contributed by atoms with Gasteiger partial charge >= 0.3 is 0 Å². The molecule has 0 atom stereocenters. The monoisotopic (exact) mass is 499 g/mol. The van der Waals surface area contributed by atoms with Crippen LogP contribution in [0, 0.1) is 5.82 Å². The van der Waals surface area contributed by atoms with Gasteiger partial charge in [0.2, 0.25) is 0 Å². The van der Waals surface area contributed by atoms with Crippen molar-refractivity contribution in [1.82, 2.24) is 9.78 Å². The number of anilines is 1. The Morgan fingerprint density at radius 3 is 2.62 bits per heavy atom. The fourth-order valence-corrected chi connectivity index (χ4v) is 3.62. The summed E-state index contributed by atoms with van der Waals surface area (Å²) in [6.45, 7) is 0.333. The van der Waals surface area contributed by atoms with Crippen molar-refractivity contribution in [1.29, 1.82) is 0 Å². The third-order valence-electron chi connectivity index (χ3n) is 5.01. The molecule has 0 spiro atoms. The van der Waals surface area contributed by atoms with E-state index in [1.165, 1.54) is 10.7 Å². The molecule has 0 saturated heterocycles. The first-order valence-electron chi connectivity index (χ1n) is 10.3. The average molecular weight is 500 g/mol.